The van der Waals surface area contributed by atoms with Gasteiger partial charge in [-0.1, -0.05) is 0 Å². The largest absolute Gasteiger partial charge is 0.478 e. The van der Waals surface area contributed by atoms with Crippen LogP contribution in [0, 0.1) is 0 Å². The highest BCUT2D eigenvalue weighted by Gasteiger charge is 2.05. The van der Waals surface area contributed by atoms with Gasteiger partial charge in [-0.05, 0) is 28.1 Å². The molecule has 0 aliphatic heterocycles. The summed E-state index contributed by atoms with van der Waals surface area (Å²) in [5, 5.41) is 13.2. The zero-order valence-electron chi connectivity index (χ0n) is 7.88. The zero-order valence-corrected chi connectivity index (χ0v) is 11.1. The highest BCUT2D eigenvalue weighted by Crippen LogP contribution is 2.32. The van der Waals surface area contributed by atoms with Gasteiger partial charge in [-0.3, -0.25) is 0 Å². The number of hydrogen-bond donors (Lipinski definition) is 1. The van der Waals surface area contributed by atoms with Crippen LogP contribution in [-0.4, -0.2) is 16.1 Å². The van der Waals surface area contributed by atoms with E-state index in [1.807, 2.05) is 16.8 Å². The monoisotopic (exact) mass is 315 g/mol. The minimum atomic E-state index is -0.964. The summed E-state index contributed by atoms with van der Waals surface area (Å²) >= 11 is 6.48. The molecule has 2 aromatic heterocycles. The SMILES string of the molecule is O=C(O)/C=C/c1csc(-c2cc(Br)cs2)n1. The fourth-order valence-corrected chi connectivity index (χ4v) is 3.35. The van der Waals surface area contributed by atoms with Gasteiger partial charge >= 0.3 is 5.97 Å². The Morgan fingerprint density at radius 2 is 2.25 bits per heavy atom. The molecule has 2 rings (SSSR count). The molecule has 0 bridgehead atoms. The van der Waals surface area contributed by atoms with E-state index >= 15 is 0 Å². The van der Waals surface area contributed by atoms with Gasteiger partial charge in [-0.2, -0.15) is 0 Å². The van der Waals surface area contributed by atoms with Crippen molar-refractivity contribution < 1.29 is 9.90 Å². The van der Waals surface area contributed by atoms with Crippen molar-refractivity contribution >= 4 is 50.6 Å². The maximum absolute atomic E-state index is 10.3. The molecular weight excluding hydrogens is 310 g/mol. The van der Waals surface area contributed by atoms with Gasteiger partial charge in [0.25, 0.3) is 0 Å². The van der Waals surface area contributed by atoms with Gasteiger partial charge in [0.2, 0.25) is 0 Å². The molecule has 0 amide bonds. The standard InChI is InChI=1S/C10H6BrNO2S2/c11-6-3-8(15-4-6)10-12-7(5-16-10)1-2-9(13)14/h1-5H,(H,13,14)/b2-1+. The number of nitrogens with zero attached hydrogens (tertiary/aromatic N) is 1. The number of rotatable bonds is 3. The summed E-state index contributed by atoms with van der Waals surface area (Å²) in [5.74, 6) is -0.964. The van der Waals surface area contributed by atoms with E-state index in [0.717, 1.165) is 20.4 Å². The van der Waals surface area contributed by atoms with E-state index in [9.17, 15) is 4.79 Å². The minimum Gasteiger partial charge on any atom is -0.478 e. The summed E-state index contributed by atoms with van der Waals surface area (Å²) < 4.78 is 1.03. The summed E-state index contributed by atoms with van der Waals surface area (Å²) in [6.45, 7) is 0. The van der Waals surface area contributed by atoms with E-state index in [0.29, 0.717) is 5.69 Å². The zero-order chi connectivity index (χ0) is 11.5. The summed E-state index contributed by atoms with van der Waals surface area (Å²) in [4.78, 5) is 15.7. The Balaban J connectivity index is 2.23. The van der Waals surface area contributed by atoms with E-state index in [1.165, 1.54) is 17.4 Å². The van der Waals surface area contributed by atoms with Crippen LogP contribution in [0.1, 0.15) is 5.69 Å². The van der Waals surface area contributed by atoms with Crippen LogP contribution in [0.3, 0.4) is 0 Å². The van der Waals surface area contributed by atoms with Crippen LogP contribution in [0.5, 0.6) is 0 Å². The van der Waals surface area contributed by atoms with Gasteiger partial charge in [0, 0.05) is 21.3 Å². The average Bonchev–Trinajstić information content (AvgIpc) is 2.83. The third-order valence-electron chi connectivity index (χ3n) is 1.70. The van der Waals surface area contributed by atoms with Crippen molar-refractivity contribution in [3.63, 3.8) is 0 Å². The first kappa shape index (κ1) is 11.5. The number of thiazole rings is 1. The molecule has 0 radical (unpaired) electrons. The summed E-state index contributed by atoms with van der Waals surface area (Å²) in [5.41, 5.74) is 0.673. The van der Waals surface area contributed by atoms with Gasteiger partial charge < -0.3 is 5.11 Å². The van der Waals surface area contributed by atoms with Gasteiger partial charge in [0.1, 0.15) is 5.01 Å². The van der Waals surface area contributed by atoms with Crippen molar-refractivity contribution in [1.82, 2.24) is 4.98 Å². The number of halogens is 1. The molecule has 0 saturated carbocycles. The van der Waals surface area contributed by atoms with Crippen molar-refractivity contribution in [2.45, 2.75) is 0 Å². The van der Waals surface area contributed by atoms with Gasteiger partial charge in [0.05, 0.1) is 10.6 Å². The van der Waals surface area contributed by atoms with Crippen molar-refractivity contribution in [1.29, 1.82) is 0 Å². The number of carboxylic acids is 1. The fraction of sp³-hybridized carbons (Fsp3) is 0. The second kappa shape index (κ2) is 4.90. The fourth-order valence-electron chi connectivity index (χ4n) is 1.06. The van der Waals surface area contributed by atoms with Crippen LogP contribution in [0.4, 0.5) is 0 Å². The number of carbonyl (C=O) groups is 1. The highest BCUT2D eigenvalue weighted by molar-refractivity contribution is 9.10. The normalized spacial score (nSPS) is 11.1. The molecular formula is C10H6BrNO2S2. The highest BCUT2D eigenvalue weighted by atomic mass is 79.9. The molecule has 0 spiro atoms. The van der Waals surface area contributed by atoms with Crippen molar-refractivity contribution in [2.75, 3.05) is 0 Å². The molecule has 82 valence electrons. The maximum atomic E-state index is 10.3. The molecule has 6 heteroatoms. The third-order valence-corrected chi connectivity index (χ3v) is 4.42. The van der Waals surface area contributed by atoms with Crippen LogP contribution in [-0.2, 0) is 4.79 Å². The van der Waals surface area contributed by atoms with Crippen molar-refractivity contribution in [3.8, 4) is 9.88 Å². The van der Waals surface area contributed by atoms with E-state index in [2.05, 4.69) is 20.9 Å². The Bertz CT molecular complexity index is 545. The van der Waals surface area contributed by atoms with E-state index in [4.69, 9.17) is 5.11 Å². The summed E-state index contributed by atoms with van der Waals surface area (Å²) in [6, 6.07) is 1.99. The smallest absolute Gasteiger partial charge is 0.328 e. The Morgan fingerprint density at radius 1 is 1.44 bits per heavy atom. The van der Waals surface area contributed by atoms with Gasteiger partial charge in [-0.15, -0.1) is 22.7 Å². The quantitative estimate of drug-likeness (QED) is 0.878. The first-order valence-electron chi connectivity index (χ1n) is 4.26. The lowest BCUT2D eigenvalue weighted by Crippen LogP contribution is -1.85. The Labute approximate surface area is 108 Å². The van der Waals surface area contributed by atoms with Crippen molar-refractivity contribution in [2.24, 2.45) is 0 Å². The van der Waals surface area contributed by atoms with Gasteiger partial charge in [-0.25, -0.2) is 9.78 Å². The molecule has 0 saturated heterocycles. The lowest BCUT2D eigenvalue weighted by molar-refractivity contribution is -0.131. The lowest BCUT2D eigenvalue weighted by atomic mass is 10.4. The van der Waals surface area contributed by atoms with Crippen LogP contribution < -0.4 is 0 Å². The summed E-state index contributed by atoms with van der Waals surface area (Å²) in [6.07, 6.45) is 2.58. The molecule has 0 aliphatic rings. The molecule has 0 aliphatic carbocycles. The minimum absolute atomic E-state index is 0.673. The molecule has 0 unspecified atom stereocenters. The Hall–Kier alpha value is -0.980. The number of hydrogen-bond acceptors (Lipinski definition) is 4. The Morgan fingerprint density at radius 3 is 2.88 bits per heavy atom. The Kier molecular flexibility index (Phi) is 3.52. The molecule has 2 aromatic rings. The average molecular weight is 316 g/mol. The number of aliphatic carboxylic acids is 1. The first-order valence-corrected chi connectivity index (χ1v) is 6.81. The molecule has 0 atom stereocenters. The maximum Gasteiger partial charge on any atom is 0.328 e. The molecule has 16 heavy (non-hydrogen) atoms. The lowest BCUT2D eigenvalue weighted by Gasteiger charge is -1.86. The van der Waals surface area contributed by atoms with Gasteiger partial charge in [0.15, 0.2) is 0 Å². The van der Waals surface area contributed by atoms with E-state index in [-0.39, 0.29) is 0 Å². The van der Waals surface area contributed by atoms with Crippen molar-refractivity contribution in [3.05, 3.63) is 33.1 Å². The van der Waals surface area contributed by atoms with E-state index < -0.39 is 5.97 Å². The summed E-state index contributed by atoms with van der Waals surface area (Å²) in [7, 11) is 0. The predicted octanol–water partition coefficient (Wildman–Crippen LogP) is 3.73. The first-order chi connectivity index (χ1) is 7.65. The molecule has 0 fully saturated rings. The van der Waals surface area contributed by atoms with E-state index in [1.54, 1.807) is 11.3 Å². The second-order valence-corrected chi connectivity index (χ2v) is 5.56. The third kappa shape index (κ3) is 2.78. The predicted molar refractivity (Wildman–Crippen MR) is 69.8 cm³/mol. The number of carboxylic acid groups (broad SMARTS) is 1. The van der Waals surface area contributed by atoms with Crippen LogP contribution in [0.25, 0.3) is 16.0 Å². The molecule has 2 heterocycles. The number of thiophene rings is 1. The topological polar surface area (TPSA) is 50.2 Å². The second-order valence-electron chi connectivity index (χ2n) is 2.88. The molecule has 0 aromatic carbocycles. The van der Waals surface area contributed by atoms with Crippen LogP contribution in [0.15, 0.2) is 27.4 Å². The van der Waals surface area contributed by atoms with Crippen LogP contribution >= 0.6 is 38.6 Å². The number of aromatic nitrogens is 1. The molecule has 1 N–H and O–H groups in total. The van der Waals surface area contributed by atoms with Crippen LogP contribution in [0.2, 0.25) is 0 Å². The molecule has 3 nitrogen and oxygen atoms in total.